The summed E-state index contributed by atoms with van der Waals surface area (Å²) in [4.78, 5) is 15.6. The second-order valence-electron chi connectivity index (χ2n) is 3.13. The third kappa shape index (κ3) is 3.86. The normalized spacial score (nSPS) is 9.88. The highest BCUT2D eigenvalue weighted by molar-refractivity contribution is 5.92. The summed E-state index contributed by atoms with van der Waals surface area (Å²) >= 11 is 0. The van der Waals surface area contributed by atoms with Crippen LogP contribution < -0.4 is 10.6 Å². The predicted molar refractivity (Wildman–Crippen MR) is 62.6 cm³/mol. The van der Waals surface area contributed by atoms with Crippen LogP contribution in [0.5, 0.6) is 0 Å². The molecule has 0 aliphatic heterocycles. The summed E-state index contributed by atoms with van der Waals surface area (Å²) in [5, 5.41) is 5.66. The first kappa shape index (κ1) is 12.4. The number of aromatic nitrogens is 1. The summed E-state index contributed by atoms with van der Waals surface area (Å²) in [7, 11) is 1.80. The van der Waals surface area contributed by atoms with E-state index in [9.17, 15) is 4.79 Å². The highest BCUT2D eigenvalue weighted by Gasteiger charge is 2.05. The van der Waals surface area contributed by atoms with E-state index in [2.05, 4.69) is 15.6 Å². The van der Waals surface area contributed by atoms with Gasteiger partial charge in [-0.05, 0) is 19.1 Å². The lowest BCUT2D eigenvalue weighted by Crippen LogP contribution is -2.27. The second-order valence-corrected chi connectivity index (χ2v) is 3.13. The Bertz CT molecular complexity index is 325. The summed E-state index contributed by atoms with van der Waals surface area (Å²) < 4.78 is 5.11. The lowest BCUT2D eigenvalue weighted by atomic mass is 10.3. The summed E-state index contributed by atoms with van der Waals surface area (Å²) in [5.41, 5.74) is 1.29. The minimum atomic E-state index is -0.178. The Balaban J connectivity index is 2.40. The fraction of sp³-hybridized carbons (Fsp3) is 0.455. The third-order valence-electron chi connectivity index (χ3n) is 2.02. The van der Waals surface area contributed by atoms with Crippen molar-refractivity contribution in [3.8, 4) is 0 Å². The van der Waals surface area contributed by atoms with Gasteiger partial charge in [-0.2, -0.15) is 0 Å². The summed E-state index contributed by atoms with van der Waals surface area (Å²) in [6, 6.07) is 3.49. The van der Waals surface area contributed by atoms with Crippen LogP contribution in [0.1, 0.15) is 17.4 Å². The molecular formula is C11H17N3O2. The van der Waals surface area contributed by atoms with Gasteiger partial charge in [0.1, 0.15) is 5.69 Å². The first-order chi connectivity index (χ1) is 7.77. The molecule has 1 rings (SSSR count). The minimum absolute atomic E-state index is 0.178. The monoisotopic (exact) mass is 223 g/mol. The van der Waals surface area contributed by atoms with Crippen molar-refractivity contribution in [3.05, 3.63) is 24.0 Å². The molecule has 88 valence electrons. The summed E-state index contributed by atoms with van der Waals surface area (Å²) in [6.07, 6.45) is 1.62. The number of carbonyl (C=O) groups is 1. The molecule has 5 nitrogen and oxygen atoms in total. The molecule has 0 radical (unpaired) electrons. The van der Waals surface area contributed by atoms with Gasteiger partial charge < -0.3 is 15.4 Å². The van der Waals surface area contributed by atoms with E-state index in [1.54, 1.807) is 19.3 Å². The molecule has 1 aromatic heterocycles. The maximum absolute atomic E-state index is 11.6. The van der Waals surface area contributed by atoms with Crippen LogP contribution >= 0.6 is 0 Å². The van der Waals surface area contributed by atoms with Crippen LogP contribution in [0.25, 0.3) is 0 Å². The lowest BCUT2D eigenvalue weighted by molar-refractivity contribution is 0.0918. The van der Waals surface area contributed by atoms with Gasteiger partial charge >= 0.3 is 0 Å². The molecule has 0 fully saturated rings. The number of hydrogen-bond acceptors (Lipinski definition) is 4. The van der Waals surface area contributed by atoms with Crippen molar-refractivity contribution in [2.24, 2.45) is 0 Å². The predicted octanol–water partition coefficient (Wildman–Crippen LogP) is 0.890. The van der Waals surface area contributed by atoms with Gasteiger partial charge in [-0.15, -0.1) is 0 Å². The van der Waals surface area contributed by atoms with Crippen molar-refractivity contribution >= 4 is 11.6 Å². The fourth-order valence-electron chi connectivity index (χ4n) is 1.15. The Morgan fingerprint density at radius 2 is 2.31 bits per heavy atom. The number of amides is 1. The Labute approximate surface area is 95.2 Å². The van der Waals surface area contributed by atoms with E-state index < -0.39 is 0 Å². The Morgan fingerprint density at radius 3 is 2.88 bits per heavy atom. The Hall–Kier alpha value is -1.62. The molecule has 2 N–H and O–H groups in total. The Morgan fingerprint density at radius 1 is 1.50 bits per heavy atom. The average Bonchev–Trinajstić information content (AvgIpc) is 2.34. The fourth-order valence-corrected chi connectivity index (χ4v) is 1.15. The SMILES string of the molecule is CCOCCNC(=O)c1ccc(NC)cn1. The lowest BCUT2D eigenvalue weighted by Gasteiger charge is -2.05. The first-order valence-corrected chi connectivity index (χ1v) is 5.27. The first-order valence-electron chi connectivity index (χ1n) is 5.27. The van der Waals surface area contributed by atoms with Crippen molar-refractivity contribution in [2.75, 3.05) is 32.1 Å². The molecule has 0 saturated carbocycles. The summed E-state index contributed by atoms with van der Waals surface area (Å²) in [6.45, 7) is 3.60. The van der Waals surface area contributed by atoms with Gasteiger partial charge in [-0.25, -0.2) is 4.98 Å². The maximum Gasteiger partial charge on any atom is 0.269 e. The van der Waals surface area contributed by atoms with Crippen molar-refractivity contribution in [2.45, 2.75) is 6.92 Å². The maximum atomic E-state index is 11.6. The topological polar surface area (TPSA) is 63.2 Å². The average molecular weight is 223 g/mol. The van der Waals surface area contributed by atoms with Crippen molar-refractivity contribution in [1.29, 1.82) is 0 Å². The number of rotatable bonds is 6. The number of nitrogens with one attached hydrogen (secondary N) is 2. The van der Waals surface area contributed by atoms with Crippen LogP contribution in [0.2, 0.25) is 0 Å². The molecule has 1 amide bonds. The zero-order valence-electron chi connectivity index (χ0n) is 9.62. The molecular weight excluding hydrogens is 206 g/mol. The molecule has 16 heavy (non-hydrogen) atoms. The van der Waals surface area contributed by atoms with E-state index in [1.165, 1.54) is 0 Å². The molecule has 1 aromatic rings. The third-order valence-corrected chi connectivity index (χ3v) is 2.02. The number of nitrogens with zero attached hydrogens (tertiary/aromatic N) is 1. The van der Waals surface area contributed by atoms with Gasteiger partial charge in [-0.1, -0.05) is 0 Å². The van der Waals surface area contributed by atoms with Gasteiger partial charge in [0.25, 0.3) is 5.91 Å². The van der Waals surface area contributed by atoms with Crippen LogP contribution in [0, 0.1) is 0 Å². The van der Waals surface area contributed by atoms with Crippen molar-refractivity contribution in [1.82, 2.24) is 10.3 Å². The number of hydrogen-bond donors (Lipinski definition) is 2. The minimum Gasteiger partial charge on any atom is -0.387 e. The van der Waals surface area contributed by atoms with E-state index in [0.717, 1.165) is 5.69 Å². The number of anilines is 1. The van der Waals surface area contributed by atoms with Crippen molar-refractivity contribution < 1.29 is 9.53 Å². The van der Waals surface area contributed by atoms with E-state index in [1.807, 2.05) is 13.0 Å². The molecule has 0 aliphatic rings. The molecule has 0 bridgehead atoms. The smallest absolute Gasteiger partial charge is 0.269 e. The van der Waals surface area contributed by atoms with E-state index >= 15 is 0 Å². The molecule has 0 atom stereocenters. The number of carbonyl (C=O) groups excluding carboxylic acids is 1. The molecule has 0 aliphatic carbocycles. The van der Waals surface area contributed by atoms with Gasteiger partial charge in [0, 0.05) is 20.2 Å². The van der Waals surface area contributed by atoms with Crippen LogP contribution in [0.3, 0.4) is 0 Å². The van der Waals surface area contributed by atoms with E-state index in [-0.39, 0.29) is 5.91 Å². The molecule has 5 heteroatoms. The van der Waals surface area contributed by atoms with Gasteiger partial charge in [0.2, 0.25) is 0 Å². The standard InChI is InChI=1S/C11H17N3O2/c1-3-16-7-6-13-11(15)10-5-4-9(12-2)8-14-10/h4-5,8,12H,3,6-7H2,1-2H3,(H,13,15). The van der Waals surface area contributed by atoms with Crippen LogP contribution in [-0.4, -0.2) is 37.7 Å². The van der Waals surface area contributed by atoms with Crippen LogP contribution in [-0.2, 0) is 4.74 Å². The summed E-state index contributed by atoms with van der Waals surface area (Å²) in [5.74, 6) is -0.178. The van der Waals surface area contributed by atoms with Crippen LogP contribution in [0.4, 0.5) is 5.69 Å². The zero-order chi connectivity index (χ0) is 11.8. The van der Waals surface area contributed by atoms with E-state index in [0.29, 0.717) is 25.5 Å². The zero-order valence-corrected chi connectivity index (χ0v) is 9.62. The second kappa shape index (κ2) is 6.79. The highest BCUT2D eigenvalue weighted by atomic mass is 16.5. The van der Waals surface area contributed by atoms with Gasteiger partial charge in [-0.3, -0.25) is 4.79 Å². The van der Waals surface area contributed by atoms with Gasteiger partial charge in [0.15, 0.2) is 0 Å². The number of ether oxygens (including phenoxy) is 1. The largest absolute Gasteiger partial charge is 0.387 e. The highest BCUT2D eigenvalue weighted by Crippen LogP contribution is 2.04. The molecule has 0 saturated heterocycles. The number of pyridine rings is 1. The van der Waals surface area contributed by atoms with Crippen LogP contribution in [0.15, 0.2) is 18.3 Å². The molecule has 1 heterocycles. The van der Waals surface area contributed by atoms with E-state index in [4.69, 9.17) is 4.74 Å². The molecule has 0 unspecified atom stereocenters. The van der Waals surface area contributed by atoms with Gasteiger partial charge in [0.05, 0.1) is 18.5 Å². The van der Waals surface area contributed by atoms with Crippen molar-refractivity contribution in [3.63, 3.8) is 0 Å². The Kier molecular flexibility index (Phi) is 5.28. The molecule has 0 spiro atoms. The molecule has 0 aromatic carbocycles. The quantitative estimate of drug-likeness (QED) is 0.703.